The van der Waals surface area contributed by atoms with E-state index in [1.165, 1.54) is 21.9 Å². The quantitative estimate of drug-likeness (QED) is 0.572. The summed E-state index contributed by atoms with van der Waals surface area (Å²) < 4.78 is 34.2. The first-order valence-electron chi connectivity index (χ1n) is 12.8. The second-order valence-corrected chi connectivity index (χ2v) is 12.1. The van der Waals surface area contributed by atoms with Crippen molar-refractivity contribution in [3.05, 3.63) is 41.4 Å². The first kappa shape index (κ1) is 26.9. The Hall–Kier alpha value is -2.73. The van der Waals surface area contributed by atoms with Crippen LogP contribution in [0.1, 0.15) is 26.2 Å². The van der Waals surface area contributed by atoms with Gasteiger partial charge in [-0.3, -0.25) is 14.4 Å². The topological polar surface area (TPSA) is 116 Å². The molecule has 204 valence electrons. The van der Waals surface area contributed by atoms with Gasteiger partial charge >= 0.3 is 0 Å². The number of halogens is 1. The molecule has 0 radical (unpaired) electrons. The predicted molar refractivity (Wildman–Crippen MR) is 141 cm³/mol. The van der Waals surface area contributed by atoms with Gasteiger partial charge in [0.05, 0.1) is 18.1 Å². The lowest BCUT2D eigenvalue weighted by molar-refractivity contribution is -0.157. The van der Waals surface area contributed by atoms with Gasteiger partial charge in [-0.05, 0) is 61.2 Å². The number of rotatable bonds is 6. The largest absolute Gasteiger partial charge is 0.377 e. The fourth-order valence-electron chi connectivity index (χ4n) is 5.41. The molecule has 3 heterocycles. The minimum atomic E-state index is -3.99. The molecule has 12 heteroatoms. The van der Waals surface area contributed by atoms with E-state index in [9.17, 15) is 22.8 Å². The predicted octanol–water partition coefficient (Wildman–Crippen LogP) is 1.61. The molecule has 1 N–H and O–H groups in total. The molecule has 3 atom stereocenters. The third-order valence-electron chi connectivity index (χ3n) is 7.56. The summed E-state index contributed by atoms with van der Waals surface area (Å²) in [6.45, 7) is 3.90. The number of sulfonamides is 1. The number of nitrogens with zero attached hydrogens (tertiary/aromatic N) is 3. The van der Waals surface area contributed by atoms with Gasteiger partial charge in [0.25, 0.3) is 0 Å². The fourth-order valence-corrected chi connectivity index (χ4v) is 6.85. The van der Waals surface area contributed by atoms with Crippen LogP contribution in [0.3, 0.4) is 0 Å². The van der Waals surface area contributed by atoms with Crippen molar-refractivity contribution in [2.45, 2.75) is 49.2 Å². The molecule has 5 rings (SSSR count). The van der Waals surface area contributed by atoms with Crippen molar-refractivity contribution in [3.8, 4) is 0 Å². The van der Waals surface area contributed by atoms with Crippen LogP contribution in [0.15, 0.2) is 41.3 Å². The number of morpholine rings is 1. The molecule has 3 amide bonds. The molecule has 0 aromatic heterocycles. The number of hydrogen-bond acceptors (Lipinski definition) is 6. The van der Waals surface area contributed by atoms with Gasteiger partial charge in [0, 0.05) is 31.2 Å². The lowest BCUT2D eigenvalue weighted by Crippen LogP contribution is -2.60. The second kappa shape index (κ2) is 10.8. The third kappa shape index (κ3) is 5.25. The molecule has 0 aliphatic carbocycles. The normalized spacial score (nSPS) is 23.3. The van der Waals surface area contributed by atoms with Crippen molar-refractivity contribution in [2.75, 3.05) is 39.4 Å². The third-order valence-corrected chi connectivity index (χ3v) is 9.27. The summed E-state index contributed by atoms with van der Waals surface area (Å²) in [6.07, 6.45) is 2.12. The SMILES string of the molecule is C[C@@H](C(=O)N1CCOCC1C(=O)N1CCCC1)N1CC[C@H](NS(=O)(=O)c2ccc3cc(Cl)ccc3c2)C1=O. The summed E-state index contributed by atoms with van der Waals surface area (Å²) >= 11 is 6.02. The molecule has 0 saturated carbocycles. The summed E-state index contributed by atoms with van der Waals surface area (Å²) in [4.78, 5) is 44.5. The number of likely N-dealkylation sites (tertiary alicyclic amines) is 2. The van der Waals surface area contributed by atoms with Crippen molar-refractivity contribution in [3.63, 3.8) is 0 Å². The molecule has 2 aromatic carbocycles. The van der Waals surface area contributed by atoms with E-state index in [2.05, 4.69) is 4.72 Å². The Morgan fingerprint density at radius 2 is 1.76 bits per heavy atom. The summed E-state index contributed by atoms with van der Waals surface area (Å²) in [5.74, 6) is -0.924. The first-order chi connectivity index (χ1) is 18.2. The van der Waals surface area contributed by atoms with Crippen LogP contribution in [0, 0.1) is 0 Å². The van der Waals surface area contributed by atoms with E-state index in [4.69, 9.17) is 16.3 Å². The van der Waals surface area contributed by atoms with E-state index in [1.54, 1.807) is 36.1 Å². The highest BCUT2D eigenvalue weighted by atomic mass is 35.5. The second-order valence-electron chi connectivity index (χ2n) is 9.98. The van der Waals surface area contributed by atoms with Gasteiger partial charge in [-0.15, -0.1) is 0 Å². The molecule has 1 unspecified atom stereocenters. The highest BCUT2D eigenvalue weighted by Gasteiger charge is 2.43. The molecule has 3 fully saturated rings. The summed E-state index contributed by atoms with van der Waals surface area (Å²) in [7, 11) is -3.99. The maximum atomic E-state index is 13.5. The Morgan fingerprint density at radius 3 is 2.53 bits per heavy atom. The molecule has 3 saturated heterocycles. The Balaban J connectivity index is 1.26. The van der Waals surface area contributed by atoms with Crippen molar-refractivity contribution >= 4 is 50.1 Å². The molecule has 38 heavy (non-hydrogen) atoms. The molecular formula is C26H31ClN4O6S. The minimum absolute atomic E-state index is 0.0410. The van der Waals surface area contributed by atoms with Gasteiger partial charge in [0.1, 0.15) is 18.1 Å². The van der Waals surface area contributed by atoms with Gasteiger partial charge in [-0.2, -0.15) is 4.72 Å². The molecule has 10 nitrogen and oxygen atoms in total. The number of amides is 3. The van der Waals surface area contributed by atoms with Crippen molar-refractivity contribution in [1.29, 1.82) is 0 Å². The number of carbonyl (C=O) groups excluding carboxylic acids is 3. The van der Waals surface area contributed by atoms with Crippen LogP contribution in [0.2, 0.25) is 5.02 Å². The smallest absolute Gasteiger partial charge is 0.247 e. The Kier molecular flexibility index (Phi) is 7.63. The van der Waals surface area contributed by atoms with E-state index in [1.807, 2.05) is 0 Å². The lowest BCUT2D eigenvalue weighted by atomic mass is 10.1. The summed E-state index contributed by atoms with van der Waals surface area (Å²) in [6, 6.07) is 7.30. The van der Waals surface area contributed by atoms with Gasteiger partial charge in [0.2, 0.25) is 27.7 Å². The van der Waals surface area contributed by atoms with Gasteiger partial charge < -0.3 is 19.4 Å². The van der Waals surface area contributed by atoms with Crippen LogP contribution in [-0.2, 0) is 29.1 Å². The maximum Gasteiger partial charge on any atom is 0.247 e. The highest BCUT2D eigenvalue weighted by Crippen LogP contribution is 2.25. The molecular weight excluding hydrogens is 532 g/mol. The fraction of sp³-hybridized carbons (Fsp3) is 0.500. The van der Waals surface area contributed by atoms with E-state index in [0.717, 1.165) is 18.2 Å². The standard InChI is InChI=1S/C26H31ClN4O6S/c1-17(24(32)31-12-13-37-16-23(31)26(34)29-9-2-3-10-29)30-11-8-22(25(30)33)28-38(35,36)21-7-5-18-14-20(27)6-4-19(18)15-21/h4-7,14-15,17,22-23,28H,2-3,8-13,16H2,1H3/t17-,22-,23?/m0/s1. The Bertz CT molecular complexity index is 1360. The van der Waals surface area contributed by atoms with E-state index in [-0.39, 0.29) is 42.8 Å². The molecule has 2 aromatic rings. The Labute approximate surface area is 226 Å². The zero-order valence-electron chi connectivity index (χ0n) is 21.1. The van der Waals surface area contributed by atoms with Crippen molar-refractivity contribution in [1.82, 2.24) is 19.4 Å². The van der Waals surface area contributed by atoms with Crippen LogP contribution >= 0.6 is 11.6 Å². The summed E-state index contributed by atoms with van der Waals surface area (Å²) in [5, 5.41) is 2.06. The van der Waals surface area contributed by atoms with Crippen LogP contribution in [0.5, 0.6) is 0 Å². The lowest BCUT2D eigenvalue weighted by Gasteiger charge is -2.39. The van der Waals surface area contributed by atoms with E-state index >= 15 is 0 Å². The number of benzene rings is 2. The average Bonchev–Trinajstić information content (AvgIpc) is 3.57. The van der Waals surface area contributed by atoms with Crippen LogP contribution in [0.4, 0.5) is 0 Å². The molecule has 3 aliphatic rings. The minimum Gasteiger partial charge on any atom is -0.377 e. The monoisotopic (exact) mass is 562 g/mol. The van der Waals surface area contributed by atoms with E-state index in [0.29, 0.717) is 30.1 Å². The van der Waals surface area contributed by atoms with E-state index < -0.39 is 34.1 Å². The first-order valence-corrected chi connectivity index (χ1v) is 14.7. The van der Waals surface area contributed by atoms with Crippen molar-refractivity contribution in [2.24, 2.45) is 0 Å². The van der Waals surface area contributed by atoms with Crippen LogP contribution < -0.4 is 4.72 Å². The zero-order valence-corrected chi connectivity index (χ0v) is 22.7. The average molecular weight is 563 g/mol. The number of carbonyl (C=O) groups is 3. The van der Waals surface area contributed by atoms with Crippen LogP contribution in [0.25, 0.3) is 10.8 Å². The van der Waals surface area contributed by atoms with Gasteiger partial charge in [-0.1, -0.05) is 23.7 Å². The Morgan fingerprint density at radius 1 is 1.05 bits per heavy atom. The van der Waals surface area contributed by atoms with Gasteiger partial charge in [0.15, 0.2) is 0 Å². The van der Waals surface area contributed by atoms with Crippen molar-refractivity contribution < 1.29 is 27.5 Å². The maximum absolute atomic E-state index is 13.5. The number of nitrogens with one attached hydrogen (secondary N) is 1. The zero-order chi connectivity index (χ0) is 27.0. The number of ether oxygens (including phenoxy) is 1. The summed E-state index contributed by atoms with van der Waals surface area (Å²) in [5.41, 5.74) is 0. The number of hydrogen-bond donors (Lipinski definition) is 1. The molecule has 0 spiro atoms. The van der Waals surface area contributed by atoms with Crippen LogP contribution in [-0.4, -0.2) is 98.4 Å². The van der Waals surface area contributed by atoms with Gasteiger partial charge in [-0.25, -0.2) is 8.42 Å². The molecule has 3 aliphatic heterocycles. The number of fused-ring (bicyclic) bond motifs is 1. The highest BCUT2D eigenvalue weighted by molar-refractivity contribution is 7.89. The molecule has 0 bridgehead atoms.